The van der Waals surface area contributed by atoms with E-state index in [1.165, 1.54) is 9.13 Å². The molecule has 0 fully saturated rings. The van der Waals surface area contributed by atoms with E-state index < -0.39 is 0 Å². The minimum Gasteiger partial charge on any atom is -0.494 e. The number of aromatic nitrogens is 1. The third-order valence-corrected chi connectivity index (χ3v) is 3.11. The van der Waals surface area contributed by atoms with Crippen molar-refractivity contribution in [3.05, 3.63) is 46.3 Å². The molecule has 2 nitrogen and oxygen atoms in total. The van der Waals surface area contributed by atoms with Gasteiger partial charge in [-0.05, 0) is 40.3 Å². The molecule has 2 rings (SSSR count). The van der Waals surface area contributed by atoms with E-state index in [4.69, 9.17) is 4.74 Å². The molecular weight excluding hydrogens is 301 g/mol. The van der Waals surface area contributed by atoms with Crippen LogP contribution >= 0.6 is 22.6 Å². The van der Waals surface area contributed by atoms with Crippen molar-refractivity contribution in [2.45, 2.75) is 0 Å². The second-order valence-corrected chi connectivity index (χ2v) is 4.22. The van der Waals surface area contributed by atoms with Crippen LogP contribution in [0.1, 0.15) is 0 Å². The standard InChI is InChI=1S/C12H10INO/c1-15-12-8-14-7-6-10(12)9-4-2-3-5-11(9)13/h2-8H,1H3. The molecule has 2 aromatic rings. The van der Waals surface area contributed by atoms with E-state index in [9.17, 15) is 0 Å². The average molecular weight is 311 g/mol. The first kappa shape index (κ1) is 10.4. The van der Waals surface area contributed by atoms with Gasteiger partial charge in [-0.15, -0.1) is 0 Å². The van der Waals surface area contributed by atoms with Gasteiger partial charge in [-0.3, -0.25) is 4.98 Å². The molecule has 0 amide bonds. The van der Waals surface area contributed by atoms with Gasteiger partial charge in [0.1, 0.15) is 5.75 Å². The quantitative estimate of drug-likeness (QED) is 0.794. The Labute approximate surface area is 102 Å². The summed E-state index contributed by atoms with van der Waals surface area (Å²) >= 11 is 2.32. The fraction of sp³-hybridized carbons (Fsp3) is 0.0833. The monoisotopic (exact) mass is 311 g/mol. The number of hydrogen-bond acceptors (Lipinski definition) is 2. The summed E-state index contributed by atoms with van der Waals surface area (Å²) in [5, 5.41) is 0. The summed E-state index contributed by atoms with van der Waals surface area (Å²) in [6.07, 6.45) is 3.51. The van der Waals surface area contributed by atoms with E-state index in [2.05, 4.69) is 39.7 Å². The van der Waals surface area contributed by atoms with Gasteiger partial charge in [0.25, 0.3) is 0 Å². The number of pyridine rings is 1. The number of methoxy groups -OCH3 is 1. The molecule has 0 aliphatic carbocycles. The summed E-state index contributed by atoms with van der Waals surface area (Å²) in [4.78, 5) is 4.04. The third-order valence-electron chi connectivity index (χ3n) is 2.17. The molecule has 0 aliphatic rings. The maximum atomic E-state index is 5.29. The molecule has 15 heavy (non-hydrogen) atoms. The minimum atomic E-state index is 0.807. The number of nitrogens with zero attached hydrogens (tertiary/aromatic N) is 1. The Morgan fingerprint density at radius 3 is 2.67 bits per heavy atom. The molecule has 0 spiro atoms. The van der Waals surface area contributed by atoms with Crippen molar-refractivity contribution in [1.29, 1.82) is 0 Å². The maximum Gasteiger partial charge on any atom is 0.144 e. The first-order valence-corrected chi connectivity index (χ1v) is 5.63. The van der Waals surface area contributed by atoms with Crippen LogP contribution in [0.2, 0.25) is 0 Å². The van der Waals surface area contributed by atoms with Crippen LogP contribution in [-0.4, -0.2) is 12.1 Å². The molecule has 0 N–H and O–H groups in total. The highest BCUT2D eigenvalue weighted by Gasteiger charge is 2.07. The van der Waals surface area contributed by atoms with Crippen molar-refractivity contribution in [1.82, 2.24) is 4.98 Å². The maximum absolute atomic E-state index is 5.29. The Kier molecular flexibility index (Phi) is 3.20. The van der Waals surface area contributed by atoms with Gasteiger partial charge in [-0.25, -0.2) is 0 Å². The second kappa shape index (κ2) is 4.61. The number of ether oxygens (including phenoxy) is 1. The largest absolute Gasteiger partial charge is 0.494 e. The molecule has 1 aromatic heterocycles. The molecule has 1 aromatic carbocycles. The third kappa shape index (κ3) is 2.12. The Morgan fingerprint density at radius 1 is 1.13 bits per heavy atom. The lowest BCUT2D eigenvalue weighted by Gasteiger charge is -2.08. The molecular formula is C12H10INO. The van der Waals surface area contributed by atoms with Gasteiger partial charge in [-0.2, -0.15) is 0 Å². The van der Waals surface area contributed by atoms with Crippen LogP contribution in [0.25, 0.3) is 11.1 Å². The van der Waals surface area contributed by atoms with Crippen LogP contribution in [0.15, 0.2) is 42.7 Å². The molecule has 0 saturated carbocycles. The lowest BCUT2D eigenvalue weighted by molar-refractivity contribution is 0.414. The molecule has 76 valence electrons. The lowest BCUT2D eigenvalue weighted by Crippen LogP contribution is -1.90. The smallest absolute Gasteiger partial charge is 0.144 e. The van der Waals surface area contributed by atoms with E-state index in [1.54, 1.807) is 19.5 Å². The zero-order chi connectivity index (χ0) is 10.7. The van der Waals surface area contributed by atoms with Crippen molar-refractivity contribution in [3.63, 3.8) is 0 Å². The van der Waals surface area contributed by atoms with Crippen LogP contribution in [0.5, 0.6) is 5.75 Å². The van der Waals surface area contributed by atoms with Crippen LogP contribution < -0.4 is 4.74 Å². The van der Waals surface area contributed by atoms with Crippen LogP contribution in [-0.2, 0) is 0 Å². The van der Waals surface area contributed by atoms with Crippen LogP contribution in [0.3, 0.4) is 0 Å². The summed E-state index contributed by atoms with van der Waals surface area (Å²) in [6, 6.07) is 10.2. The van der Waals surface area contributed by atoms with E-state index in [0.717, 1.165) is 11.3 Å². The summed E-state index contributed by atoms with van der Waals surface area (Å²) in [5.41, 5.74) is 2.26. The minimum absolute atomic E-state index is 0.807. The van der Waals surface area contributed by atoms with Crippen molar-refractivity contribution >= 4 is 22.6 Å². The van der Waals surface area contributed by atoms with E-state index in [1.807, 2.05) is 18.2 Å². The molecule has 1 heterocycles. The summed E-state index contributed by atoms with van der Waals surface area (Å²) in [7, 11) is 1.66. The molecule has 0 saturated heterocycles. The molecule has 0 unspecified atom stereocenters. The molecule has 0 bridgehead atoms. The highest BCUT2D eigenvalue weighted by Crippen LogP contribution is 2.31. The summed E-state index contributed by atoms with van der Waals surface area (Å²) < 4.78 is 6.50. The van der Waals surface area contributed by atoms with Crippen molar-refractivity contribution in [2.24, 2.45) is 0 Å². The van der Waals surface area contributed by atoms with Gasteiger partial charge >= 0.3 is 0 Å². The fourth-order valence-corrected chi connectivity index (χ4v) is 2.12. The van der Waals surface area contributed by atoms with Gasteiger partial charge in [0.15, 0.2) is 0 Å². The SMILES string of the molecule is COc1cnccc1-c1ccccc1I. The fourth-order valence-electron chi connectivity index (χ4n) is 1.44. The zero-order valence-corrected chi connectivity index (χ0v) is 10.4. The Hall–Kier alpha value is -1.10. The van der Waals surface area contributed by atoms with E-state index >= 15 is 0 Å². The predicted octanol–water partition coefficient (Wildman–Crippen LogP) is 3.36. The highest BCUT2D eigenvalue weighted by atomic mass is 127. The van der Waals surface area contributed by atoms with Crippen molar-refractivity contribution in [3.8, 4) is 16.9 Å². The van der Waals surface area contributed by atoms with Crippen molar-refractivity contribution in [2.75, 3.05) is 7.11 Å². The van der Waals surface area contributed by atoms with Crippen LogP contribution in [0, 0.1) is 3.57 Å². The number of rotatable bonds is 2. The van der Waals surface area contributed by atoms with E-state index in [-0.39, 0.29) is 0 Å². The highest BCUT2D eigenvalue weighted by molar-refractivity contribution is 14.1. The summed E-state index contributed by atoms with van der Waals surface area (Å²) in [5.74, 6) is 0.807. The summed E-state index contributed by atoms with van der Waals surface area (Å²) in [6.45, 7) is 0. The number of benzene rings is 1. The lowest BCUT2D eigenvalue weighted by atomic mass is 10.1. The number of hydrogen-bond donors (Lipinski definition) is 0. The van der Waals surface area contributed by atoms with Crippen LogP contribution in [0.4, 0.5) is 0 Å². The Balaban J connectivity index is 2.59. The predicted molar refractivity (Wildman–Crippen MR) is 68.9 cm³/mol. The normalized spacial score (nSPS) is 10.0. The zero-order valence-electron chi connectivity index (χ0n) is 8.27. The average Bonchev–Trinajstić information content (AvgIpc) is 2.30. The number of halogens is 1. The van der Waals surface area contributed by atoms with Crippen molar-refractivity contribution < 1.29 is 4.74 Å². The first-order chi connectivity index (χ1) is 7.33. The van der Waals surface area contributed by atoms with Gasteiger partial charge in [0.05, 0.1) is 13.3 Å². The van der Waals surface area contributed by atoms with Gasteiger partial charge < -0.3 is 4.74 Å². The van der Waals surface area contributed by atoms with Gasteiger partial charge in [-0.1, -0.05) is 18.2 Å². The first-order valence-electron chi connectivity index (χ1n) is 4.56. The Bertz CT molecular complexity index is 471. The topological polar surface area (TPSA) is 22.1 Å². The molecule has 0 radical (unpaired) electrons. The second-order valence-electron chi connectivity index (χ2n) is 3.06. The molecule has 0 atom stereocenters. The van der Waals surface area contributed by atoms with Gasteiger partial charge in [0, 0.05) is 15.3 Å². The Morgan fingerprint density at radius 2 is 1.93 bits per heavy atom. The van der Waals surface area contributed by atoms with Gasteiger partial charge in [0.2, 0.25) is 0 Å². The van der Waals surface area contributed by atoms with E-state index in [0.29, 0.717) is 0 Å². The molecule has 3 heteroatoms. The molecule has 0 aliphatic heterocycles.